The molecule has 1 atom stereocenters. The van der Waals surface area contributed by atoms with E-state index in [-0.39, 0.29) is 17.5 Å². The van der Waals surface area contributed by atoms with Crippen molar-refractivity contribution >= 4 is 5.78 Å². The lowest BCUT2D eigenvalue weighted by molar-refractivity contribution is -0.120. The van der Waals surface area contributed by atoms with Gasteiger partial charge in [-0.1, -0.05) is 13.0 Å². The largest absolute Gasteiger partial charge is 0.488 e. The van der Waals surface area contributed by atoms with Crippen LogP contribution in [0.5, 0.6) is 5.75 Å². The molecule has 0 spiro atoms. The van der Waals surface area contributed by atoms with Crippen molar-refractivity contribution in [3.63, 3.8) is 0 Å². The molecule has 0 aliphatic rings. The van der Waals surface area contributed by atoms with Crippen molar-refractivity contribution in [2.24, 2.45) is 5.92 Å². The van der Waals surface area contributed by atoms with Gasteiger partial charge in [-0.3, -0.25) is 4.79 Å². The van der Waals surface area contributed by atoms with Gasteiger partial charge < -0.3 is 9.47 Å². The van der Waals surface area contributed by atoms with Gasteiger partial charge in [0.1, 0.15) is 12.4 Å². The minimum atomic E-state index is -0.398. The molecule has 1 aromatic carbocycles. The summed E-state index contributed by atoms with van der Waals surface area (Å²) in [6, 6.07) is 4.69. The van der Waals surface area contributed by atoms with Gasteiger partial charge in [-0.25, -0.2) is 4.39 Å². The number of carbonyl (C=O) groups excluding carboxylic acids is 1. The third kappa shape index (κ3) is 4.45. The van der Waals surface area contributed by atoms with Crippen LogP contribution in [0.25, 0.3) is 0 Å². The first-order chi connectivity index (χ1) is 8.54. The van der Waals surface area contributed by atoms with Crippen molar-refractivity contribution in [2.75, 3.05) is 20.3 Å². The maximum atomic E-state index is 13.5. The molecule has 1 rings (SSSR count). The van der Waals surface area contributed by atoms with Crippen molar-refractivity contribution in [2.45, 2.75) is 20.3 Å². The van der Waals surface area contributed by atoms with Crippen molar-refractivity contribution in [1.82, 2.24) is 0 Å². The number of Topliss-reactive ketones (excluding diaryl/α,β-unsaturated/α-hetero) is 1. The van der Waals surface area contributed by atoms with E-state index >= 15 is 0 Å². The van der Waals surface area contributed by atoms with Crippen molar-refractivity contribution in [1.29, 1.82) is 0 Å². The summed E-state index contributed by atoms with van der Waals surface area (Å²) >= 11 is 0. The van der Waals surface area contributed by atoms with Crippen LogP contribution in [-0.2, 0) is 16.0 Å². The molecule has 1 aromatic rings. The lowest BCUT2D eigenvalue weighted by Gasteiger charge is -2.11. The van der Waals surface area contributed by atoms with Gasteiger partial charge in [0.05, 0.1) is 6.61 Å². The highest BCUT2D eigenvalue weighted by Gasteiger charge is 2.11. The monoisotopic (exact) mass is 254 g/mol. The van der Waals surface area contributed by atoms with Crippen LogP contribution in [0, 0.1) is 11.7 Å². The Hall–Kier alpha value is -1.42. The molecule has 0 saturated heterocycles. The van der Waals surface area contributed by atoms with Gasteiger partial charge in [-0.15, -0.1) is 0 Å². The minimum absolute atomic E-state index is 0.0673. The molecule has 1 unspecified atom stereocenters. The highest BCUT2D eigenvalue weighted by Crippen LogP contribution is 2.21. The van der Waals surface area contributed by atoms with Gasteiger partial charge in [0.15, 0.2) is 11.6 Å². The predicted octanol–water partition coefficient (Wildman–Crippen LogP) is 2.62. The lowest BCUT2D eigenvalue weighted by Crippen LogP contribution is -2.10. The van der Waals surface area contributed by atoms with Crippen LogP contribution in [0.2, 0.25) is 0 Å². The Labute approximate surface area is 107 Å². The first kappa shape index (κ1) is 14.6. The van der Waals surface area contributed by atoms with E-state index in [1.54, 1.807) is 26.2 Å². The molecule has 0 aliphatic carbocycles. The molecular weight excluding hydrogens is 235 g/mol. The number of hydrogen-bond acceptors (Lipinski definition) is 3. The number of benzene rings is 1. The third-order valence-electron chi connectivity index (χ3n) is 2.78. The summed E-state index contributed by atoms with van der Waals surface area (Å²) in [5.74, 6) is -0.130. The summed E-state index contributed by atoms with van der Waals surface area (Å²) in [4.78, 5) is 11.2. The van der Waals surface area contributed by atoms with Crippen LogP contribution < -0.4 is 4.74 Å². The Bertz CT molecular complexity index is 404. The van der Waals surface area contributed by atoms with Crippen molar-refractivity contribution < 1.29 is 18.7 Å². The van der Waals surface area contributed by atoms with Crippen LogP contribution in [0.4, 0.5) is 4.39 Å². The topological polar surface area (TPSA) is 35.5 Å². The summed E-state index contributed by atoms with van der Waals surface area (Å²) in [5.41, 5.74) is 0.895. The smallest absolute Gasteiger partial charge is 0.165 e. The Kier molecular flexibility index (Phi) is 5.78. The number of halogens is 1. The molecule has 0 heterocycles. The SMILES string of the molecule is COCCOc1cc(CC(C)C(C)=O)ccc1F. The molecular formula is C14H19FO3. The zero-order valence-corrected chi connectivity index (χ0v) is 11.0. The van der Waals surface area contributed by atoms with E-state index in [1.807, 2.05) is 6.92 Å². The second-order valence-electron chi connectivity index (χ2n) is 4.32. The molecule has 3 nitrogen and oxygen atoms in total. The van der Waals surface area contributed by atoms with Gasteiger partial charge in [-0.05, 0) is 31.0 Å². The fourth-order valence-corrected chi connectivity index (χ4v) is 1.52. The van der Waals surface area contributed by atoms with Crippen LogP contribution >= 0.6 is 0 Å². The van der Waals surface area contributed by atoms with Crippen molar-refractivity contribution in [3.05, 3.63) is 29.6 Å². The van der Waals surface area contributed by atoms with Gasteiger partial charge in [0.2, 0.25) is 0 Å². The molecule has 0 saturated carbocycles. The number of methoxy groups -OCH3 is 1. The zero-order chi connectivity index (χ0) is 13.5. The number of ketones is 1. The third-order valence-corrected chi connectivity index (χ3v) is 2.78. The maximum Gasteiger partial charge on any atom is 0.165 e. The molecule has 0 radical (unpaired) electrons. The molecule has 0 aliphatic heterocycles. The summed E-state index contributed by atoms with van der Waals surface area (Å²) in [5, 5.41) is 0. The van der Waals surface area contributed by atoms with E-state index in [0.717, 1.165) is 5.56 Å². The second kappa shape index (κ2) is 7.11. The van der Waals surface area contributed by atoms with E-state index in [0.29, 0.717) is 19.6 Å². The van der Waals surface area contributed by atoms with E-state index in [9.17, 15) is 9.18 Å². The highest BCUT2D eigenvalue weighted by molar-refractivity contribution is 5.78. The van der Waals surface area contributed by atoms with E-state index in [4.69, 9.17) is 9.47 Å². The number of hydrogen-bond donors (Lipinski definition) is 0. The molecule has 0 N–H and O–H groups in total. The molecule has 0 amide bonds. The second-order valence-corrected chi connectivity index (χ2v) is 4.32. The van der Waals surface area contributed by atoms with Crippen LogP contribution in [0.15, 0.2) is 18.2 Å². The van der Waals surface area contributed by atoms with Crippen molar-refractivity contribution in [3.8, 4) is 5.75 Å². The fourth-order valence-electron chi connectivity index (χ4n) is 1.52. The maximum absolute atomic E-state index is 13.5. The molecule has 100 valence electrons. The number of ether oxygens (including phenoxy) is 2. The highest BCUT2D eigenvalue weighted by atomic mass is 19.1. The first-order valence-electron chi connectivity index (χ1n) is 5.95. The van der Waals surface area contributed by atoms with Crippen LogP contribution in [-0.4, -0.2) is 26.1 Å². The Morgan fingerprint density at radius 2 is 2.11 bits per heavy atom. The lowest BCUT2D eigenvalue weighted by atomic mass is 9.98. The molecule has 4 heteroatoms. The number of carbonyl (C=O) groups is 1. The number of rotatable bonds is 7. The molecule has 0 fully saturated rings. The van der Waals surface area contributed by atoms with E-state index in [2.05, 4.69) is 0 Å². The van der Waals surface area contributed by atoms with Gasteiger partial charge in [0.25, 0.3) is 0 Å². The standard InChI is InChI=1S/C14H19FO3/c1-10(11(2)16)8-12-4-5-13(15)14(9-12)18-7-6-17-3/h4-5,9-10H,6-8H2,1-3H3. The summed E-state index contributed by atoms with van der Waals surface area (Å²) in [7, 11) is 1.56. The normalized spacial score (nSPS) is 12.2. The fraction of sp³-hybridized carbons (Fsp3) is 0.500. The minimum Gasteiger partial charge on any atom is -0.488 e. The van der Waals surface area contributed by atoms with Gasteiger partial charge in [0, 0.05) is 13.0 Å². The Balaban J connectivity index is 2.70. The van der Waals surface area contributed by atoms with E-state index in [1.165, 1.54) is 6.07 Å². The molecule has 18 heavy (non-hydrogen) atoms. The zero-order valence-electron chi connectivity index (χ0n) is 11.0. The van der Waals surface area contributed by atoms with Crippen LogP contribution in [0.1, 0.15) is 19.4 Å². The molecule has 0 bridgehead atoms. The van der Waals surface area contributed by atoms with Crippen LogP contribution in [0.3, 0.4) is 0 Å². The average Bonchev–Trinajstić information content (AvgIpc) is 2.33. The van der Waals surface area contributed by atoms with E-state index < -0.39 is 5.82 Å². The average molecular weight is 254 g/mol. The summed E-state index contributed by atoms with van der Waals surface area (Å²) in [6.45, 7) is 4.13. The Morgan fingerprint density at radius 3 is 2.72 bits per heavy atom. The summed E-state index contributed by atoms with van der Waals surface area (Å²) in [6.07, 6.45) is 0.594. The summed E-state index contributed by atoms with van der Waals surface area (Å²) < 4.78 is 23.6. The first-order valence-corrected chi connectivity index (χ1v) is 5.95. The van der Waals surface area contributed by atoms with Gasteiger partial charge >= 0.3 is 0 Å². The molecule has 0 aromatic heterocycles. The predicted molar refractivity (Wildman–Crippen MR) is 67.3 cm³/mol. The van der Waals surface area contributed by atoms with Gasteiger partial charge in [-0.2, -0.15) is 0 Å². The Morgan fingerprint density at radius 1 is 1.39 bits per heavy atom. The quantitative estimate of drug-likeness (QED) is 0.702.